The normalized spacial score (nSPS) is 35.3. The van der Waals surface area contributed by atoms with E-state index in [-0.39, 0.29) is 6.23 Å². The molecule has 2 N–H and O–H groups in total. The van der Waals surface area contributed by atoms with Crippen molar-refractivity contribution in [2.75, 3.05) is 11.9 Å². The van der Waals surface area contributed by atoms with Crippen molar-refractivity contribution < 1.29 is 9.84 Å². The predicted octanol–water partition coefficient (Wildman–Crippen LogP) is 1.05. The second-order valence-electron chi connectivity index (χ2n) is 3.62. The van der Waals surface area contributed by atoms with E-state index in [4.69, 9.17) is 4.74 Å². The van der Waals surface area contributed by atoms with Crippen molar-refractivity contribution in [3.8, 4) is 0 Å². The van der Waals surface area contributed by atoms with Gasteiger partial charge in [-0.3, -0.25) is 0 Å². The topological polar surface area (TPSA) is 41.5 Å². The summed E-state index contributed by atoms with van der Waals surface area (Å²) >= 11 is 0. The molecule has 1 aromatic carbocycles. The molecule has 2 atom stereocenters. The van der Waals surface area contributed by atoms with Crippen LogP contribution in [0.25, 0.3) is 0 Å². The number of aliphatic hydroxyl groups is 1. The molecule has 0 aromatic heterocycles. The highest BCUT2D eigenvalue weighted by atomic mass is 16.5. The zero-order chi connectivity index (χ0) is 8.89. The van der Waals surface area contributed by atoms with Gasteiger partial charge >= 0.3 is 0 Å². The van der Waals surface area contributed by atoms with Crippen molar-refractivity contribution >= 4 is 5.69 Å². The van der Waals surface area contributed by atoms with Gasteiger partial charge in [0, 0.05) is 17.7 Å². The van der Waals surface area contributed by atoms with Crippen LogP contribution in [0.15, 0.2) is 24.3 Å². The number of hydrogen-bond acceptors (Lipinski definition) is 3. The Kier molecular flexibility index (Phi) is 1.27. The van der Waals surface area contributed by atoms with Crippen LogP contribution in [0.4, 0.5) is 5.69 Å². The van der Waals surface area contributed by atoms with Crippen LogP contribution in [-0.2, 0) is 10.3 Å². The first-order valence-corrected chi connectivity index (χ1v) is 4.51. The van der Waals surface area contributed by atoms with Crippen LogP contribution in [0.2, 0.25) is 0 Å². The van der Waals surface area contributed by atoms with Gasteiger partial charge < -0.3 is 15.2 Å². The fourth-order valence-corrected chi connectivity index (χ4v) is 2.17. The third kappa shape index (κ3) is 0.806. The minimum atomic E-state index is -0.795. The van der Waals surface area contributed by atoms with Crippen LogP contribution >= 0.6 is 0 Å². The third-order valence-electron chi connectivity index (χ3n) is 2.88. The highest BCUT2D eigenvalue weighted by Gasteiger charge is 2.49. The molecule has 68 valence electrons. The molecule has 1 aromatic rings. The summed E-state index contributed by atoms with van der Waals surface area (Å²) in [6.07, 6.45) is 0.437. The summed E-state index contributed by atoms with van der Waals surface area (Å²) in [5.41, 5.74) is 1.17. The summed E-state index contributed by atoms with van der Waals surface area (Å²) in [5, 5.41) is 13.5. The zero-order valence-corrected chi connectivity index (χ0v) is 7.16. The molecular formula is C10H11NO2. The van der Waals surface area contributed by atoms with E-state index in [9.17, 15) is 5.11 Å². The summed E-state index contributed by atoms with van der Waals surface area (Å²) in [4.78, 5) is 0. The lowest BCUT2D eigenvalue weighted by Crippen LogP contribution is -2.33. The van der Waals surface area contributed by atoms with Gasteiger partial charge in [0.25, 0.3) is 0 Å². The van der Waals surface area contributed by atoms with Crippen LogP contribution in [-0.4, -0.2) is 17.9 Å². The van der Waals surface area contributed by atoms with Gasteiger partial charge in [-0.1, -0.05) is 18.2 Å². The molecule has 1 saturated heterocycles. The van der Waals surface area contributed by atoms with Gasteiger partial charge in [0.15, 0.2) is 6.23 Å². The number of nitrogens with one attached hydrogen (secondary N) is 1. The van der Waals surface area contributed by atoms with E-state index in [2.05, 4.69) is 5.32 Å². The van der Waals surface area contributed by atoms with E-state index in [0.29, 0.717) is 13.0 Å². The smallest absolute Gasteiger partial charge is 0.161 e. The number of hydrogen-bond donors (Lipinski definition) is 2. The van der Waals surface area contributed by atoms with E-state index in [1.54, 1.807) is 0 Å². The van der Waals surface area contributed by atoms with E-state index in [0.717, 1.165) is 11.3 Å². The molecule has 2 heterocycles. The minimum absolute atomic E-state index is 0.245. The van der Waals surface area contributed by atoms with Crippen molar-refractivity contribution in [3.05, 3.63) is 29.8 Å². The van der Waals surface area contributed by atoms with Crippen molar-refractivity contribution in [3.63, 3.8) is 0 Å². The molecule has 0 amide bonds. The lowest BCUT2D eigenvalue weighted by Gasteiger charge is -2.20. The summed E-state index contributed by atoms with van der Waals surface area (Å²) < 4.78 is 5.40. The van der Waals surface area contributed by atoms with E-state index < -0.39 is 5.60 Å². The van der Waals surface area contributed by atoms with Crippen LogP contribution in [0.3, 0.4) is 0 Å². The summed E-state index contributed by atoms with van der Waals surface area (Å²) in [6.45, 7) is 0.627. The Morgan fingerprint density at radius 1 is 1.46 bits per heavy atom. The van der Waals surface area contributed by atoms with Crippen LogP contribution < -0.4 is 5.32 Å². The maximum atomic E-state index is 10.3. The molecule has 0 saturated carbocycles. The van der Waals surface area contributed by atoms with E-state index in [1.807, 2.05) is 24.3 Å². The van der Waals surface area contributed by atoms with Gasteiger partial charge in [0.2, 0.25) is 0 Å². The van der Waals surface area contributed by atoms with Gasteiger partial charge in [-0.2, -0.15) is 0 Å². The van der Waals surface area contributed by atoms with Gasteiger partial charge in [-0.05, 0) is 6.07 Å². The minimum Gasteiger partial charge on any atom is -0.380 e. The first-order chi connectivity index (χ1) is 6.31. The Balaban J connectivity index is 2.17. The molecule has 0 bridgehead atoms. The summed E-state index contributed by atoms with van der Waals surface area (Å²) in [7, 11) is 0. The molecule has 2 unspecified atom stereocenters. The van der Waals surface area contributed by atoms with Crippen molar-refractivity contribution in [1.29, 1.82) is 0 Å². The SMILES string of the molecule is OC12CCOC1Nc1ccccc12. The first-order valence-electron chi connectivity index (χ1n) is 4.51. The Morgan fingerprint density at radius 2 is 2.31 bits per heavy atom. The number of benzene rings is 1. The average molecular weight is 177 g/mol. The third-order valence-corrected chi connectivity index (χ3v) is 2.88. The Labute approximate surface area is 76.3 Å². The number of para-hydroxylation sites is 1. The molecule has 2 aliphatic heterocycles. The lowest BCUT2D eigenvalue weighted by atomic mass is 9.93. The standard InChI is InChI=1S/C10H11NO2/c12-10-5-6-13-9(10)11-8-4-2-1-3-7(8)10/h1-4,9,11-12H,5-6H2. The Hall–Kier alpha value is -1.06. The number of ether oxygens (including phenoxy) is 1. The molecular weight excluding hydrogens is 166 g/mol. The van der Waals surface area contributed by atoms with Crippen molar-refractivity contribution in [1.82, 2.24) is 0 Å². The maximum Gasteiger partial charge on any atom is 0.161 e. The lowest BCUT2D eigenvalue weighted by molar-refractivity contribution is -0.0169. The summed E-state index contributed by atoms with van der Waals surface area (Å²) in [5.74, 6) is 0. The van der Waals surface area contributed by atoms with Crippen LogP contribution in [0.1, 0.15) is 12.0 Å². The second kappa shape index (κ2) is 2.25. The predicted molar refractivity (Wildman–Crippen MR) is 48.3 cm³/mol. The summed E-state index contributed by atoms with van der Waals surface area (Å²) in [6, 6.07) is 7.82. The zero-order valence-electron chi connectivity index (χ0n) is 7.16. The highest BCUT2D eigenvalue weighted by molar-refractivity contribution is 5.60. The monoisotopic (exact) mass is 177 g/mol. The van der Waals surface area contributed by atoms with Gasteiger partial charge in [-0.25, -0.2) is 0 Å². The second-order valence-corrected chi connectivity index (χ2v) is 3.62. The Morgan fingerprint density at radius 3 is 3.23 bits per heavy atom. The molecule has 3 heteroatoms. The fraction of sp³-hybridized carbons (Fsp3) is 0.400. The number of rotatable bonds is 0. The van der Waals surface area contributed by atoms with Crippen molar-refractivity contribution in [2.24, 2.45) is 0 Å². The number of anilines is 1. The van der Waals surface area contributed by atoms with E-state index >= 15 is 0 Å². The molecule has 0 aliphatic carbocycles. The molecule has 3 nitrogen and oxygen atoms in total. The quantitative estimate of drug-likeness (QED) is 0.622. The highest BCUT2D eigenvalue weighted by Crippen LogP contribution is 2.45. The van der Waals surface area contributed by atoms with Crippen molar-refractivity contribution in [2.45, 2.75) is 18.2 Å². The number of fused-ring (bicyclic) bond motifs is 3. The molecule has 0 radical (unpaired) electrons. The van der Waals surface area contributed by atoms with Crippen LogP contribution in [0.5, 0.6) is 0 Å². The molecule has 0 spiro atoms. The molecule has 2 aliphatic rings. The molecule has 13 heavy (non-hydrogen) atoms. The van der Waals surface area contributed by atoms with Gasteiger partial charge in [0.05, 0.1) is 6.61 Å². The Bertz CT molecular complexity index is 353. The first kappa shape index (κ1) is 7.35. The average Bonchev–Trinajstić information content (AvgIpc) is 2.60. The fourth-order valence-electron chi connectivity index (χ4n) is 2.17. The van der Waals surface area contributed by atoms with Gasteiger partial charge in [0.1, 0.15) is 5.60 Å². The largest absolute Gasteiger partial charge is 0.380 e. The van der Waals surface area contributed by atoms with E-state index in [1.165, 1.54) is 0 Å². The molecule has 3 rings (SSSR count). The van der Waals surface area contributed by atoms with Crippen LogP contribution in [0, 0.1) is 0 Å². The maximum absolute atomic E-state index is 10.3. The molecule has 1 fully saturated rings. The van der Waals surface area contributed by atoms with Gasteiger partial charge in [-0.15, -0.1) is 0 Å².